The Hall–Kier alpha value is -1.94. The summed E-state index contributed by atoms with van der Waals surface area (Å²) in [4.78, 5) is 4.49. The number of hydrogen-bond acceptors (Lipinski definition) is 3. The second kappa shape index (κ2) is 5.82. The van der Waals surface area contributed by atoms with Crippen molar-refractivity contribution in [3.8, 4) is 0 Å². The lowest BCUT2D eigenvalue weighted by Gasteiger charge is -2.20. The Kier molecular flexibility index (Phi) is 3.88. The maximum absolute atomic E-state index is 6.45. The van der Waals surface area contributed by atoms with Gasteiger partial charge in [-0.25, -0.2) is 5.43 Å². The van der Waals surface area contributed by atoms with E-state index in [0.29, 0.717) is 0 Å². The number of para-hydroxylation sites is 1. The number of pyridine rings is 1. The summed E-state index contributed by atoms with van der Waals surface area (Å²) in [6.07, 6.45) is 1.79. The van der Waals surface area contributed by atoms with Crippen molar-refractivity contribution >= 4 is 22.5 Å². The Bertz CT molecular complexity index is 781. The number of aromatic nitrogens is 1. The van der Waals surface area contributed by atoms with Crippen molar-refractivity contribution in [2.24, 2.45) is 5.84 Å². The molecule has 106 valence electrons. The Morgan fingerprint density at radius 1 is 1.05 bits per heavy atom. The number of aryl methyl sites for hydroxylation is 1. The van der Waals surface area contributed by atoms with E-state index >= 15 is 0 Å². The molecule has 0 aliphatic carbocycles. The number of hydrogen-bond donors (Lipinski definition) is 2. The Balaban J connectivity index is 2.21. The van der Waals surface area contributed by atoms with Gasteiger partial charge in [-0.3, -0.25) is 10.8 Å². The van der Waals surface area contributed by atoms with Gasteiger partial charge in [-0.15, -0.1) is 0 Å². The number of rotatable bonds is 3. The molecule has 3 aromatic rings. The lowest BCUT2D eigenvalue weighted by atomic mass is 9.95. The second-order valence-corrected chi connectivity index (χ2v) is 5.38. The minimum absolute atomic E-state index is 0.198. The van der Waals surface area contributed by atoms with Crippen LogP contribution >= 0.6 is 11.6 Å². The van der Waals surface area contributed by atoms with Crippen LogP contribution in [0.5, 0.6) is 0 Å². The summed E-state index contributed by atoms with van der Waals surface area (Å²) in [5.74, 6) is 5.81. The predicted octanol–water partition coefficient (Wildman–Crippen LogP) is 3.75. The quantitative estimate of drug-likeness (QED) is 0.572. The zero-order chi connectivity index (χ0) is 14.8. The number of benzene rings is 2. The molecular weight excluding hydrogens is 282 g/mol. The standard InChI is InChI=1S/C17H16ClN3/c1-11-5-2-8-13(15(11)18)17(21-19)14-9-3-6-12-7-4-10-20-16(12)14/h2-10,17,21H,19H2,1H3. The van der Waals surface area contributed by atoms with Crippen LogP contribution in [0.3, 0.4) is 0 Å². The normalized spacial score (nSPS) is 12.5. The molecule has 21 heavy (non-hydrogen) atoms. The van der Waals surface area contributed by atoms with Gasteiger partial charge in [0.05, 0.1) is 11.6 Å². The van der Waals surface area contributed by atoms with Crippen molar-refractivity contribution in [2.75, 3.05) is 0 Å². The van der Waals surface area contributed by atoms with E-state index in [4.69, 9.17) is 17.4 Å². The predicted molar refractivity (Wildman–Crippen MR) is 87.1 cm³/mol. The molecule has 0 aliphatic heterocycles. The van der Waals surface area contributed by atoms with Gasteiger partial charge in [0.25, 0.3) is 0 Å². The molecular formula is C17H16ClN3. The highest BCUT2D eigenvalue weighted by molar-refractivity contribution is 6.32. The second-order valence-electron chi connectivity index (χ2n) is 5.00. The number of nitrogens with two attached hydrogens (primary N) is 1. The van der Waals surface area contributed by atoms with Crippen LogP contribution in [-0.4, -0.2) is 4.98 Å². The van der Waals surface area contributed by atoms with E-state index in [0.717, 1.165) is 32.6 Å². The van der Waals surface area contributed by atoms with Gasteiger partial charge in [0, 0.05) is 22.2 Å². The van der Waals surface area contributed by atoms with Gasteiger partial charge in [-0.1, -0.05) is 54.1 Å². The smallest absolute Gasteiger partial charge is 0.0753 e. The van der Waals surface area contributed by atoms with Crippen molar-refractivity contribution < 1.29 is 0 Å². The first-order valence-corrected chi connectivity index (χ1v) is 7.15. The fourth-order valence-electron chi connectivity index (χ4n) is 2.60. The summed E-state index contributed by atoms with van der Waals surface area (Å²) in [6.45, 7) is 1.99. The lowest BCUT2D eigenvalue weighted by molar-refractivity contribution is 0.640. The number of fused-ring (bicyclic) bond motifs is 1. The molecule has 0 radical (unpaired) electrons. The summed E-state index contributed by atoms with van der Waals surface area (Å²) in [5, 5.41) is 1.81. The molecule has 0 spiro atoms. The zero-order valence-corrected chi connectivity index (χ0v) is 12.4. The van der Waals surface area contributed by atoms with Crippen LogP contribution in [0.1, 0.15) is 22.7 Å². The van der Waals surface area contributed by atoms with Gasteiger partial charge >= 0.3 is 0 Å². The monoisotopic (exact) mass is 297 g/mol. The maximum atomic E-state index is 6.45. The van der Waals surface area contributed by atoms with E-state index in [2.05, 4.69) is 10.4 Å². The average molecular weight is 298 g/mol. The molecule has 0 fully saturated rings. The molecule has 0 saturated carbocycles. The molecule has 3 N–H and O–H groups in total. The summed E-state index contributed by atoms with van der Waals surface area (Å²) >= 11 is 6.45. The molecule has 1 atom stereocenters. The Morgan fingerprint density at radius 2 is 1.76 bits per heavy atom. The molecule has 4 heteroatoms. The largest absolute Gasteiger partial charge is 0.271 e. The van der Waals surface area contributed by atoms with E-state index in [1.807, 2.05) is 55.5 Å². The van der Waals surface area contributed by atoms with E-state index in [-0.39, 0.29) is 6.04 Å². The van der Waals surface area contributed by atoms with Crippen LogP contribution in [-0.2, 0) is 0 Å². The minimum Gasteiger partial charge on any atom is -0.271 e. The van der Waals surface area contributed by atoms with Gasteiger partial charge in [0.2, 0.25) is 0 Å². The molecule has 3 nitrogen and oxygen atoms in total. The Labute approximate surface area is 128 Å². The summed E-state index contributed by atoms with van der Waals surface area (Å²) in [6, 6.07) is 15.8. The molecule has 0 saturated heterocycles. The minimum atomic E-state index is -0.198. The summed E-state index contributed by atoms with van der Waals surface area (Å²) in [5.41, 5.74) is 6.80. The first-order chi connectivity index (χ1) is 10.2. The van der Waals surface area contributed by atoms with Crippen molar-refractivity contribution in [3.63, 3.8) is 0 Å². The third kappa shape index (κ3) is 2.51. The average Bonchev–Trinajstić information content (AvgIpc) is 2.52. The van der Waals surface area contributed by atoms with Crippen molar-refractivity contribution in [1.29, 1.82) is 0 Å². The van der Waals surface area contributed by atoms with Crippen molar-refractivity contribution in [1.82, 2.24) is 10.4 Å². The molecule has 1 heterocycles. The first kappa shape index (κ1) is 14.0. The molecule has 1 aromatic heterocycles. The van der Waals surface area contributed by atoms with Gasteiger partial charge in [0.1, 0.15) is 0 Å². The summed E-state index contributed by atoms with van der Waals surface area (Å²) < 4.78 is 0. The number of nitrogens with one attached hydrogen (secondary N) is 1. The fraction of sp³-hybridized carbons (Fsp3) is 0.118. The molecule has 1 unspecified atom stereocenters. The Morgan fingerprint density at radius 3 is 2.57 bits per heavy atom. The van der Waals surface area contributed by atoms with Crippen LogP contribution in [0, 0.1) is 6.92 Å². The summed E-state index contributed by atoms with van der Waals surface area (Å²) in [7, 11) is 0. The molecule has 0 amide bonds. The molecule has 0 bridgehead atoms. The molecule has 3 rings (SSSR count). The highest BCUT2D eigenvalue weighted by atomic mass is 35.5. The third-order valence-electron chi connectivity index (χ3n) is 3.67. The van der Waals surface area contributed by atoms with E-state index < -0.39 is 0 Å². The van der Waals surface area contributed by atoms with E-state index in [9.17, 15) is 0 Å². The van der Waals surface area contributed by atoms with Crippen LogP contribution < -0.4 is 11.3 Å². The molecule has 2 aromatic carbocycles. The van der Waals surface area contributed by atoms with Gasteiger partial charge in [-0.2, -0.15) is 0 Å². The van der Waals surface area contributed by atoms with Crippen molar-refractivity contribution in [3.05, 3.63) is 76.4 Å². The zero-order valence-electron chi connectivity index (χ0n) is 11.7. The lowest BCUT2D eigenvalue weighted by Crippen LogP contribution is -2.29. The van der Waals surface area contributed by atoms with Crippen LogP contribution in [0.15, 0.2) is 54.7 Å². The van der Waals surface area contributed by atoms with Gasteiger partial charge in [0.15, 0.2) is 0 Å². The molecule has 0 aliphatic rings. The SMILES string of the molecule is Cc1cccc(C(NN)c2cccc3cccnc23)c1Cl. The maximum Gasteiger partial charge on any atom is 0.0753 e. The first-order valence-electron chi connectivity index (χ1n) is 6.77. The van der Waals surface area contributed by atoms with E-state index in [1.165, 1.54) is 0 Å². The van der Waals surface area contributed by atoms with Crippen LogP contribution in [0.2, 0.25) is 5.02 Å². The number of halogens is 1. The topological polar surface area (TPSA) is 50.9 Å². The van der Waals surface area contributed by atoms with E-state index in [1.54, 1.807) is 6.20 Å². The fourth-order valence-corrected chi connectivity index (χ4v) is 2.84. The van der Waals surface area contributed by atoms with Crippen LogP contribution in [0.4, 0.5) is 0 Å². The highest BCUT2D eigenvalue weighted by Crippen LogP contribution is 2.32. The number of nitrogens with zero attached hydrogens (tertiary/aromatic N) is 1. The van der Waals surface area contributed by atoms with Gasteiger partial charge in [-0.05, 0) is 24.1 Å². The number of hydrazine groups is 1. The van der Waals surface area contributed by atoms with Crippen LogP contribution in [0.25, 0.3) is 10.9 Å². The van der Waals surface area contributed by atoms with Gasteiger partial charge < -0.3 is 0 Å². The van der Waals surface area contributed by atoms with Crippen molar-refractivity contribution in [2.45, 2.75) is 13.0 Å². The highest BCUT2D eigenvalue weighted by Gasteiger charge is 2.19. The third-order valence-corrected chi connectivity index (χ3v) is 4.19.